The highest BCUT2D eigenvalue weighted by Gasteiger charge is 2.13. The van der Waals surface area contributed by atoms with E-state index in [4.69, 9.17) is 23.9 Å². The average Bonchev–Trinajstić information content (AvgIpc) is 2.76. The first-order valence-electron chi connectivity index (χ1n) is 9.59. The van der Waals surface area contributed by atoms with Gasteiger partial charge in [0.1, 0.15) is 12.4 Å². The molecule has 1 N–H and O–H groups in total. The van der Waals surface area contributed by atoms with Crippen molar-refractivity contribution in [3.8, 4) is 23.0 Å². The van der Waals surface area contributed by atoms with Gasteiger partial charge >= 0.3 is 0 Å². The zero-order chi connectivity index (χ0) is 21.1. The third-order valence-corrected chi connectivity index (χ3v) is 4.27. The first-order valence-corrected chi connectivity index (χ1v) is 9.59. The van der Waals surface area contributed by atoms with Gasteiger partial charge in [-0.1, -0.05) is 18.2 Å². The zero-order valence-electron chi connectivity index (χ0n) is 18.3. The van der Waals surface area contributed by atoms with E-state index in [0.717, 1.165) is 23.8 Å². The fraction of sp³-hybridized carbons (Fsp3) is 0.409. The van der Waals surface area contributed by atoms with Gasteiger partial charge in [-0.25, -0.2) is 4.99 Å². The number of para-hydroxylation sites is 1. The molecule has 0 aliphatic rings. The minimum Gasteiger partial charge on any atom is -0.493 e. The number of hydrogen-bond donors (Lipinski definition) is 1. The average molecular weight is 529 g/mol. The Morgan fingerprint density at radius 1 is 1.00 bits per heavy atom. The van der Waals surface area contributed by atoms with Crippen molar-refractivity contribution in [1.82, 2.24) is 10.2 Å². The summed E-state index contributed by atoms with van der Waals surface area (Å²) in [5.74, 6) is 3.47. The fourth-order valence-electron chi connectivity index (χ4n) is 2.79. The summed E-state index contributed by atoms with van der Waals surface area (Å²) in [6.45, 7) is 4.56. The number of halogens is 1. The first-order chi connectivity index (χ1) is 14.1. The lowest BCUT2D eigenvalue weighted by Crippen LogP contribution is -2.40. The number of likely N-dealkylation sites (N-methyl/N-ethyl adjacent to an activating group) is 1. The number of nitrogens with one attached hydrogen (secondary N) is 1. The Kier molecular flexibility index (Phi) is 11.8. The number of guanidine groups is 1. The summed E-state index contributed by atoms with van der Waals surface area (Å²) >= 11 is 0. The Labute approximate surface area is 196 Å². The highest BCUT2D eigenvalue weighted by Crippen LogP contribution is 2.38. The van der Waals surface area contributed by atoms with Crippen molar-refractivity contribution >= 4 is 29.9 Å². The van der Waals surface area contributed by atoms with Gasteiger partial charge in [0.25, 0.3) is 0 Å². The number of aliphatic imine (C=N–C) groups is 1. The van der Waals surface area contributed by atoms with Crippen LogP contribution in [0.15, 0.2) is 47.5 Å². The number of rotatable bonds is 10. The van der Waals surface area contributed by atoms with E-state index in [1.54, 1.807) is 21.3 Å². The Morgan fingerprint density at radius 2 is 1.63 bits per heavy atom. The van der Waals surface area contributed by atoms with Crippen molar-refractivity contribution in [2.24, 2.45) is 4.99 Å². The van der Waals surface area contributed by atoms with E-state index in [1.165, 1.54) is 0 Å². The highest BCUT2D eigenvalue weighted by molar-refractivity contribution is 14.0. The second-order valence-corrected chi connectivity index (χ2v) is 6.29. The number of nitrogens with zero attached hydrogens (tertiary/aromatic N) is 2. The van der Waals surface area contributed by atoms with E-state index < -0.39 is 0 Å². The molecule has 0 spiro atoms. The Bertz CT molecular complexity index is 762. The summed E-state index contributed by atoms with van der Waals surface area (Å²) in [5.41, 5.74) is 0.962. The number of methoxy groups -OCH3 is 3. The van der Waals surface area contributed by atoms with E-state index >= 15 is 0 Å². The highest BCUT2D eigenvalue weighted by atomic mass is 127. The predicted molar refractivity (Wildman–Crippen MR) is 131 cm³/mol. The maximum atomic E-state index is 5.78. The molecule has 7 nitrogen and oxygen atoms in total. The molecule has 0 aromatic heterocycles. The summed E-state index contributed by atoms with van der Waals surface area (Å²) in [6.07, 6.45) is 0. The standard InChI is InChI=1S/C22H31N3O4.HI/c1-6-23-22(25(2)12-13-29-18-10-8-7-9-11-18)24-16-17-14-19(26-3)21(28-5)20(15-17)27-4;/h7-11,14-15H,6,12-13,16H2,1-5H3,(H,23,24);1H. The van der Waals surface area contributed by atoms with E-state index in [-0.39, 0.29) is 24.0 Å². The van der Waals surface area contributed by atoms with Crippen molar-refractivity contribution in [3.63, 3.8) is 0 Å². The van der Waals surface area contributed by atoms with Crippen molar-refractivity contribution in [2.75, 3.05) is 48.1 Å². The largest absolute Gasteiger partial charge is 0.493 e. The summed E-state index contributed by atoms with van der Waals surface area (Å²) in [5, 5.41) is 3.31. The molecule has 0 atom stereocenters. The van der Waals surface area contributed by atoms with Gasteiger partial charge in [0.2, 0.25) is 5.75 Å². The van der Waals surface area contributed by atoms with Crippen LogP contribution in [-0.2, 0) is 6.54 Å². The third-order valence-electron chi connectivity index (χ3n) is 4.27. The van der Waals surface area contributed by atoms with Crippen molar-refractivity contribution < 1.29 is 18.9 Å². The van der Waals surface area contributed by atoms with E-state index in [0.29, 0.717) is 36.9 Å². The Balaban J connectivity index is 0.00000450. The van der Waals surface area contributed by atoms with Crippen LogP contribution in [0.3, 0.4) is 0 Å². The van der Waals surface area contributed by atoms with Crippen LogP contribution in [0.4, 0.5) is 0 Å². The van der Waals surface area contributed by atoms with Gasteiger partial charge in [0, 0.05) is 13.6 Å². The van der Waals surface area contributed by atoms with Crippen LogP contribution in [0.5, 0.6) is 23.0 Å². The Morgan fingerprint density at radius 3 is 2.17 bits per heavy atom. The lowest BCUT2D eigenvalue weighted by atomic mass is 10.2. The molecule has 0 aliphatic heterocycles. The molecule has 2 aromatic carbocycles. The van der Waals surface area contributed by atoms with Gasteiger partial charge in [-0.3, -0.25) is 0 Å². The van der Waals surface area contributed by atoms with Crippen LogP contribution in [0.25, 0.3) is 0 Å². The monoisotopic (exact) mass is 529 g/mol. The van der Waals surface area contributed by atoms with Crippen molar-refractivity contribution in [1.29, 1.82) is 0 Å². The first kappa shape index (κ1) is 25.7. The SMILES string of the molecule is CCNC(=NCc1cc(OC)c(OC)c(OC)c1)N(C)CCOc1ccccc1.I. The fourth-order valence-corrected chi connectivity index (χ4v) is 2.79. The quantitative estimate of drug-likeness (QED) is 0.287. The van der Waals surface area contributed by atoms with E-state index in [9.17, 15) is 0 Å². The molecule has 0 saturated heterocycles. The Hall–Kier alpha value is -2.36. The molecule has 8 heteroatoms. The molecule has 0 heterocycles. The lowest BCUT2D eigenvalue weighted by molar-refractivity contribution is 0.281. The van der Waals surface area contributed by atoms with Gasteiger partial charge in [0.05, 0.1) is 34.4 Å². The van der Waals surface area contributed by atoms with Gasteiger partial charge in [-0.15, -0.1) is 24.0 Å². The summed E-state index contributed by atoms with van der Waals surface area (Å²) in [6, 6.07) is 13.6. The normalized spacial score (nSPS) is 10.6. The molecule has 2 rings (SSSR count). The van der Waals surface area contributed by atoms with E-state index in [2.05, 4.69) is 5.32 Å². The minimum absolute atomic E-state index is 0. The molecule has 166 valence electrons. The predicted octanol–water partition coefficient (Wildman–Crippen LogP) is 3.81. The van der Waals surface area contributed by atoms with Crippen LogP contribution in [0.2, 0.25) is 0 Å². The van der Waals surface area contributed by atoms with Gasteiger partial charge in [0.15, 0.2) is 17.5 Å². The molecule has 2 aromatic rings. The molecule has 0 saturated carbocycles. The number of ether oxygens (including phenoxy) is 4. The van der Waals surface area contributed by atoms with E-state index in [1.807, 2.05) is 61.3 Å². The van der Waals surface area contributed by atoms with Crippen LogP contribution < -0.4 is 24.3 Å². The second-order valence-electron chi connectivity index (χ2n) is 6.29. The van der Waals surface area contributed by atoms with Crippen LogP contribution in [0, 0.1) is 0 Å². The van der Waals surface area contributed by atoms with Crippen LogP contribution in [-0.4, -0.2) is 58.9 Å². The summed E-state index contributed by atoms with van der Waals surface area (Å²) in [4.78, 5) is 6.79. The molecular formula is C22H32IN3O4. The van der Waals surface area contributed by atoms with Crippen molar-refractivity contribution in [2.45, 2.75) is 13.5 Å². The second kappa shape index (κ2) is 13.8. The van der Waals surface area contributed by atoms with Gasteiger partial charge in [-0.2, -0.15) is 0 Å². The van der Waals surface area contributed by atoms with Gasteiger partial charge in [-0.05, 0) is 36.8 Å². The van der Waals surface area contributed by atoms with Crippen molar-refractivity contribution in [3.05, 3.63) is 48.0 Å². The molecule has 0 unspecified atom stereocenters. The maximum absolute atomic E-state index is 5.78. The lowest BCUT2D eigenvalue weighted by Gasteiger charge is -2.22. The molecule has 0 amide bonds. The summed E-state index contributed by atoms with van der Waals surface area (Å²) < 4.78 is 22.0. The third kappa shape index (κ3) is 7.47. The molecule has 0 radical (unpaired) electrons. The smallest absolute Gasteiger partial charge is 0.203 e. The number of benzene rings is 2. The topological polar surface area (TPSA) is 64.6 Å². The molecule has 0 bridgehead atoms. The van der Waals surface area contributed by atoms with Crippen LogP contribution >= 0.6 is 24.0 Å². The zero-order valence-corrected chi connectivity index (χ0v) is 20.6. The maximum Gasteiger partial charge on any atom is 0.203 e. The molecular weight excluding hydrogens is 497 g/mol. The van der Waals surface area contributed by atoms with Gasteiger partial charge < -0.3 is 29.2 Å². The molecule has 30 heavy (non-hydrogen) atoms. The summed E-state index contributed by atoms with van der Waals surface area (Å²) in [7, 11) is 6.79. The minimum atomic E-state index is 0. The molecule has 0 fully saturated rings. The van der Waals surface area contributed by atoms with Crippen LogP contribution in [0.1, 0.15) is 12.5 Å². The number of hydrogen-bond acceptors (Lipinski definition) is 5. The molecule has 0 aliphatic carbocycles.